The van der Waals surface area contributed by atoms with Crippen molar-refractivity contribution < 1.29 is 18.8 Å². The van der Waals surface area contributed by atoms with Gasteiger partial charge in [-0.15, -0.1) is 0 Å². The van der Waals surface area contributed by atoms with Gasteiger partial charge in [0.05, 0.1) is 16.9 Å². The van der Waals surface area contributed by atoms with Gasteiger partial charge >= 0.3 is 0 Å². The Morgan fingerprint density at radius 3 is 2.18 bits per heavy atom. The van der Waals surface area contributed by atoms with Crippen LogP contribution in [0.5, 0.6) is 0 Å². The number of halogens is 2. The van der Waals surface area contributed by atoms with Gasteiger partial charge in [-0.25, -0.2) is 9.37 Å². The number of Topliss-reactive ketones (excluding diaryl/α,β-unsaturated/α-hetero) is 1. The fraction of sp³-hybridized carbons (Fsp3) is 0.0526. The molecule has 0 aliphatic carbocycles. The van der Waals surface area contributed by atoms with E-state index in [1.807, 2.05) is 0 Å². The third-order valence-electron chi connectivity index (χ3n) is 3.78. The second kappa shape index (κ2) is 8.01. The first-order valence-electron chi connectivity index (χ1n) is 8.07. The molecule has 0 fully saturated rings. The third kappa shape index (κ3) is 4.24. The van der Waals surface area contributed by atoms with Crippen LogP contribution in [0.1, 0.15) is 38.3 Å². The first-order chi connectivity index (χ1) is 13.3. The highest BCUT2D eigenvalue weighted by Crippen LogP contribution is 2.20. The van der Waals surface area contributed by atoms with E-state index in [9.17, 15) is 18.8 Å². The number of benzene rings is 2. The number of nitrogens with one attached hydrogen (secondary N) is 3. The first-order valence-corrected chi connectivity index (χ1v) is 8.45. The normalized spacial score (nSPS) is 10.4. The molecule has 2 aromatic carbocycles. The number of carbonyl (C=O) groups is 3. The minimum absolute atomic E-state index is 0.00205. The van der Waals surface area contributed by atoms with Crippen LogP contribution >= 0.6 is 11.6 Å². The molecule has 2 amide bonds. The zero-order chi connectivity index (χ0) is 20.3. The second-order valence-electron chi connectivity index (χ2n) is 5.79. The lowest BCUT2D eigenvalue weighted by atomic mass is 10.2. The summed E-state index contributed by atoms with van der Waals surface area (Å²) in [4.78, 5) is 42.4. The standard InChI is InChI=1S/C19H14ClFN4O3/c1-10(26)16-17(23-9-22-16)19(28)25-13-5-3-12(4-6-13)24-18(27)14-7-2-11(21)8-15(14)20/h2-9H,1H3,(H,22,23)(H,24,27)(H,25,28). The Morgan fingerprint density at radius 2 is 1.61 bits per heavy atom. The maximum Gasteiger partial charge on any atom is 0.274 e. The van der Waals surface area contributed by atoms with Gasteiger partial charge in [-0.05, 0) is 42.5 Å². The van der Waals surface area contributed by atoms with E-state index in [1.165, 1.54) is 19.3 Å². The first kappa shape index (κ1) is 19.2. The molecular formula is C19H14ClFN4O3. The Balaban J connectivity index is 1.68. The number of aromatic nitrogens is 2. The van der Waals surface area contributed by atoms with E-state index in [1.54, 1.807) is 24.3 Å². The van der Waals surface area contributed by atoms with E-state index in [2.05, 4.69) is 20.6 Å². The van der Waals surface area contributed by atoms with Crippen LogP contribution in [-0.2, 0) is 0 Å². The van der Waals surface area contributed by atoms with Crippen molar-refractivity contribution in [2.24, 2.45) is 0 Å². The summed E-state index contributed by atoms with van der Waals surface area (Å²) in [5.41, 5.74) is 1.16. The predicted octanol–water partition coefficient (Wildman–Crippen LogP) is 3.91. The largest absolute Gasteiger partial charge is 0.340 e. The molecule has 0 saturated heterocycles. The van der Waals surface area contributed by atoms with E-state index in [4.69, 9.17) is 11.6 Å². The number of hydrogen-bond acceptors (Lipinski definition) is 4. The lowest BCUT2D eigenvalue weighted by Crippen LogP contribution is -2.16. The van der Waals surface area contributed by atoms with Crippen LogP contribution in [0.3, 0.4) is 0 Å². The minimum atomic E-state index is -0.535. The molecule has 0 atom stereocenters. The van der Waals surface area contributed by atoms with E-state index < -0.39 is 17.6 Å². The van der Waals surface area contributed by atoms with Crippen molar-refractivity contribution in [1.29, 1.82) is 0 Å². The molecule has 0 radical (unpaired) electrons. The molecule has 0 spiro atoms. The van der Waals surface area contributed by atoms with Gasteiger partial charge in [0.1, 0.15) is 17.2 Å². The number of aromatic amines is 1. The Bertz CT molecular complexity index is 1060. The van der Waals surface area contributed by atoms with Gasteiger partial charge in [-0.1, -0.05) is 11.6 Å². The van der Waals surface area contributed by atoms with Crippen molar-refractivity contribution in [2.75, 3.05) is 10.6 Å². The van der Waals surface area contributed by atoms with Gasteiger partial charge in [0.15, 0.2) is 5.78 Å². The molecule has 9 heteroatoms. The lowest BCUT2D eigenvalue weighted by molar-refractivity contribution is 0.0980. The molecule has 0 saturated carbocycles. The molecule has 3 aromatic rings. The average Bonchev–Trinajstić information content (AvgIpc) is 3.13. The SMILES string of the molecule is CC(=O)c1nc[nH]c1C(=O)Nc1ccc(NC(=O)c2ccc(F)cc2Cl)cc1. The number of carbonyl (C=O) groups excluding carboxylic acids is 3. The summed E-state index contributed by atoms with van der Waals surface area (Å²) in [5, 5.41) is 5.26. The molecule has 28 heavy (non-hydrogen) atoms. The van der Waals surface area contributed by atoms with Gasteiger partial charge in [-0.3, -0.25) is 14.4 Å². The molecule has 0 bridgehead atoms. The topological polar surface area (TPSA) is 104 Å². The van der Waals surface area contributed by atoms with Crippen molar-refractivity contribution in [1.82, 2.24) is 9.97 Å². The minimum Gasteiger partial charge on any atom is -0.340 e. The quantitative estimate of drug-likeness (QED) is 0.565. The fourth-order valence-electron chi connectivity index (χ4n) is 2.44. The Morgan fingerprint density at radius 1 is 1.00 bits per heavy atom. The summed E-state index contributed by atoms with van der Waals surface area (Å²) in [5.74, 6) is -1.88. The van der Waals surface area contributed by atoms with E-state index >= 15 is 0 Å². The zero-order valence-electron chi connectivity index (χ0n) is 14.5. The Hall–Kier alpha value is -3.52. The molecule has 3 N–H and O–H groups in total. The fourth-order valence-corrected chi connectivity index (χ4v) is 2.69. The van der Waals surface area contributed by atoms with Crippen molar-refractivity contribution in [2.45, 2.75) is 6.92 Å². The maximum absolute atomic E-state index is 13.1. The highest BCUT2D eigenvalue weighted by atomic mass is 35.5. The number of ketones is 1. The van der Waals surface area contributed by atoms with Gasteiger partial charge in [-0.2, -0.15) is 0 Å². The Labute approximate surface area is 163 Å². The van der Waals surface area contributed by atoms with Crippen LogP contribution in [0.15, 0.2) is 48.8 Å². The van der Waals surface area contributed by atoms with Crippen molar-refractivity contribution in [3.05, 3.63) is 76.6 Å². The number of hydrogen-bond donors (Lipinski definition) is 3. The number of imidazole rings is 1. The van der Waals surface area contributed by atoms with Crippen molar-refractivity contribution in [3.8, 4) is 0 Å². The molecule has 1 aromatic heterocycles. The van der Waals surface area contributed by atoms with Crippen LogP contribution in [0.25, 0.3) is 0 Å². The molecule has 3 rings (SSSR count). The van der Waals surface area contributed by atoms with E-state index in [0.717, 1.165) is 12.1 Å². The number of anilines is 2. The molecule has 1 heterocycles. The molecule has 0 aliphatic rings. The van der Waals surface area contributed by atoms with Crippen LogP contribution in [0, 0.1) is 5.82 Å². The maximum atomic E-state index is 13.1. The molecule has 0 aliphatic heterocycles. The van der Waals surface area contributed by atoms with Crippen LogP contribution in [-0.4, -0.2) is 27.6 Å². The number of amides is 2. The number of H-pyrrole nitrogens is 1. The average molecular weight is 401 g/mol. The smallest absolute Gasteiger partial charge is 0.274 e. The van der Waals surface area contributed by atoms with Gasteiger partial charge in [0.2, 0.25) is 0 Å². The van der Waals surface area contributed by atoms with Gasteiger partial charge < -0.3 is 15.6 Å². The highest BCUT2D eigenvalue weighted by molar-refractivity contribution is 6.34. The summed E-state index contributed by atoms with van der Waals surface area (Å²) in [6.45, 7) is 1.32. The van der Waals surface area contributed by atoms with Crippen LogP contribution < -0.4 is 10.6 Å². The molecular weight excluding hydrogens is 387 g/mol. The van der Waals surface area contributed by atoms with Gasteiger partial charge in [0, 0.05) is 18.3 Å². The number of rotatable bonds is 5. The monoisotopic (exact) mass is 400 g/mol. The zero-order valence-corrected chi connectivity index (χ0v) is 15.3. The van der Waals surface area contributed by atoms with Crippen LogP contribution in [0.4, 0.5) is 15.8 Å². The third-order valence-corrected chi connectivity index (χ3v) is 4.09. The molecule has 142 valence electrons. The van der Waals surface area contributed by atoms with E-state index in [0.29, 0.717) is 11.4 Å². The predicted molar refractivity (Wildman–Crippen MR) is 102 cm³/mol. The lowest BCUT2D eigenvalue weighted by Gasteiger charge is -2.09. The number of nitrogens with zero attached hydrogens (tertiary/aromatic N) is 1. The second-order valence-corrected chi connectivity index (χ2v) is 6.20. The van der Waals surface area contributed by atoms with Crippen LogP contribution in [0.2, 0.25) is 5.02 Å². The van der Waals surface area contributed by atoms with Crippen molar-refractivity contribution >= 4 is 40.6 Å². The summed E-state index contributed by atoms with van der Waals surface area (Å²) < 4.78 is 13.1. The van der Waals surface area contributed by atoms with Gasteiger partial charge in [0.25, 0.3) is 11.8 Å². The summed E-state index contributed by atoms with van der Waals surface area (Å²) >= 11 is 5.88. The summed E-state index contributed by atoms with van der Waals surface area (Å²) in [6, 6.07) is 9.78. The highest BCUT2D eigenvalue weighted by Gasteiger charge is 2.17. The molecule has 7 nitrogen and oxygen atoms in total. The summed E-state index contributed by atoms with van der Waals surface area (Å²) in [7, 11) is 0. The molecule has 0 unspecified atom stereocenters. The summed E-state index contributed by atoms with van der Waals surface area (Å²) in [6.07, 6.45) is 1.27. The van der Waals surface area contributed by atoms with Crippen molar-refractivity contribution in [3.63, 3.8) is 0 Å². The van der Waals surface area contributed by atoms with E-state index in [-0.39, 0.29) is 27.8 Å². The Kier molecular flexibility index (Phi) is 5.51.